The minimum atomic E-state index is -0.499. The number of pyridine rings is 1. The summed E-state index contributed by atoms with van der Waals surface area (Å²) in [7, 11) is 1.64. The van der Waals surface area contributed by atoms with Crippen molar-refractivity contribution in [1.82, 2.24) is 10.3 Å². The summed E-state index contributed by atoms with van der Waals surface area (Å²) in [5.74, 6) is 0.575. The van der Waals surface area contributed by atoms with Gasteiger partial charge in [-0.05, 0) is 73.2 Å². The molecule has 0 saturated heterocycles. The predicted molar refractivity (Wildman–Crippen MR) is 147 cm³/mol. The summed E-state index contributed by atoms with van der Waals surface area (Å²) in [4.78, 5) is 31.8. The number of rotatable bonds is 5. The third kappa shape index (κ3) is 4.96. The second kappa shape index (κ2) is 10.3. The first-order chi connectivity index (χ1) is 17.9. The molecule has 0 bridgehead atoms. The fraction of sp³-hybridized carbons (Fsp3) is 0.233. The second-order valence-electron chi connectivity index (χ2n) is 9.48. The topological polar surface area (TPSA) is 80.3 Å². The van der Waals surface area contributed by atoms with Gasteiger partial charge in [-0.15, -0.1) is 0 Å². The van der Waals surface area contributed by atoms with E-state index in [1.54, 1.807) is 13.3 Å². The quantitative estimate of drug-likeness (QED) is 0.392. The number of dihydropyridines is 1. The summed E-state index contributed by atoms with van der Waals surface area (Å²) in [6.07, 6.45) is 2.72. The van der Waals surface area contributed by atoms with Gasteiger partial charge < -0.3 is 15.4 Å². The number of methoxy groups -OCH3 is 1. The molecule has 7 heteroatoms. The highest BCUT2D eigenvalue weighted by molar-refractivity contribution is 9.10. The fourth-order valence-corrected chi connectivity index (χ4v) is 5.77. The van der Waals surface area contributed by atoms with Gasteiger partial charge in [0.25, 0.3) is 5.91 Å². The zero-order valence-electron chi connectivity index (χ0n) is 21.0. The summed E-state index contributed by atoms with van der Waals surface area (Å²) in [5.41, 5.74) is 5.76. The third-order valence-electron chi connectivity index (χ3n) is 7.03. The lowest BCUT2D eigenvalue weighted by Gasteiger charge is -2.37. The number of hydrogen-bond donors (Lipinski definition) is 2. The van der Waals surface area contributed by atoms with E-state index in [1.807, 2.05) is 74.5 Å². The second-order valence-corrected chi connectivity index (χ2v) is 10.3. The molecule has 3 aromatic rings. The first-order valence-electron chi connectivity index (χ1n) is 12.2. The van der Waals surface area contributed by atoms with E-state index < -0.39 is 5.92 Å². The molecule has 0 fully saturated rings. The summed E-state index contributed by atoms with van der Waals surface area (Å²) in [6.45, 7) is 3.85. The molecule has 1 aliphatic heterocycles. The van der Waals surface area contributed by atoms with Crippen LogP contribution in [0.5, 0.6) is 5.75 Å². The van der Waals surface area contributed by atoms with Crippen LogP contribution in [0.3, 0.4) is 0 Å². The smallest absolute Gasteiger partial charge is 0.255 e. The number of Topliss-reactive ketones (excluding diaryl/α,β-unsaturated/α-hetero) is 1. The van der Waals surface area contributed by atoms with Gasteiger partial charge >= 0.3 is 0 Å². The van der Waals surface area contributed by atoms with Crippen molar-refractivity contribution in [2.45, 2.75) is 38.5 Å². The maximum absolute atomic E-state index is 13.8. The van der Waals surface area contributed by atoms with Crippen LogP contribution in [0.1, 0.15) is 48.3 Å². The molecule has 2 unspecified atom stereocenters. The van der Waals surface area contributed by atoms with E-state index in [2.05, 4.69) is 31.5 Å². The highest BCUT2D eigenvalue weighted by Crippen LogP contribution is 2.47. The number of carbonyl (C=O) groups excluding carboxylic acids is 2. The van der Waals surface area contributed by atoms with Crippen molar-refractivity contribution < 1.29 is 14.3 Å². The van der Waals surface area contributed by atoms with Crippen LogP contribution in [0, 0.1) is 6.92 Å². The SMILES string of the molecule is COc1ccc(C2CC(=O)C3=C(C2)NC(C)=C(C(=O)Nc2cc(C)ccn2)C3c2ccccc2Br)cc1. The molecule has 2 atom stereocenters. The number of allylic oxidation sites excluding steroid dienone is 3. The lowest BCUT2D eigenvalue weighted by Crippen LogP contribution is -2.37. The van der Waals surface area contributed by atoms with Gasteiger partial charge in [0.2, 0.25) is 0 Å². The molecule has 2 heterocycles. The Hall–Kier alpha value is -3.71. The first-order valence-corrected chi connectivity index (χ1v) is 13.0. The van der Waals surface area contributed by atoms with Gasteiger partial charge in [-0.1, -0.05) is 46.3 Å². The summed E-state index contributed by atoms with van der Waals surface area (Å²) in [5, 5.41) is 6.38. The van der Waals surface area contributed by atoms with E-state index in [0.29, 0.717) is 29.8 Å². The molecule has 2 N–H and O–H groups in total. The minimum absolute atomic E-state index is 0.0433. The van der Waals surface area contributed by atoms with E-state index in [-0.39, 0.29) is 17.6 Å². The molecule has 1 amide bonds. The number of amides is 1. The van der Waals surface area contributed by atoms with Crippen LogP contribution in [0.4, 0.5) is 5.82 Å². The highest BCUT2D eigenvalue weighted by Gasteiger charge is 2.41. The van der Waals surface area contributed by atoms with Crippen molar-refractivity contribution >= 4 is 33.4 Å². The maximum atomic E-state index is 13.8. The molecule has 1 aromatic heterocycles. The molecule has 188 valence electrons. The zero-order chi connectivity index (χ0) is 26.1. The average Bonchev–Trinajstić information content (AvgIpc) is 2.88. The molecule has 0 saturated carbocycles. The number of ketones is 1. The van der Waals surface area contributed by atoms with Crippen LogP contribution >= 0.6 is 15.9 Å². The van der Waals surface area contributed by atoms with Crippen molar-refractivity contribution in [3.63, 3.8) is 0 Å². The van der Waals surface area contributed by atoms with E-state index in [9.17, 15) is 9.59 Å². The normalized spacial score (nSPS) is 19.3. The molecular weight excluding hydrogens is 530 g/mol. The number of hydrogen-bond acceptors (Lipinski definition) is 5. The van der Waals surface area contributed by atoms with Crippen molar-refractivity contribution in [2.75, 3.05) is 12.4 Å². The summed E-state index contributed by atoms with van der Waals surface area (Å²) in [6, 6.07) is 19.4. The lowest BCUT2D eigenvalue weighted by atomic mass is 9.71. The summed E-state index contributed by atoms with van der Waals surface area (Å²) < 4.78 is 6.15. The van der Waals surface area contributed by atoms with Crippen molar-refractivity contribution in [1.29, 1.82) is 0 Å². The molecule has 0 radical (unpaired) electrons. The van der Waals surface area contributed by atoms with Crippen LogP contribution < -0.4 is 15.4 Å². The van der Waals surface area contributed by atoms with Crippen molar-refractivity contribution in [3.8, 4) is 5.75 Å². The molecule has 1 aliphatic carbocycles. The Kier molecular flexibility index (Phi) is 6.98. The number of aryl methyl sites for hydroxylation is 1. The van der Waals surface area contributed by atoms with Crippen molar-refractivity contribution in [2.24, 2.45) is 0 Å². The Balaban J connectivity index is 1.55. The Morgan fingerprint density at radius 2 is 1.84 bits per heavy atom. The molecular formula is C30H28BrN3O3. The standard InChI is InChI=1S/C30H28BrN3O3/c1-17-12-13-32-26(14-17)34-30(36)27-18(2)33-24-15-20(19-8-10-21(37-3)11-9-19)16-25(35)29(24)28(27)22-6-4-5-7-23(22)31/h4-14,20,28,33H,15-16H2,1-3H3,(H,32,34,36). The number of aromatic nitrogens is 1. The number of nitrogens with one attached hydrogen (secondary N) is 2. The van der Waals surface area contributed by atoms with Gasteiger partial charge in [-0.25, -0.2) is 4.98 Å². The summed E-state index contributed by atoms with van der Waals surface area (Å²) >= 11 is 3.67. The largest absolute Gasteiger partial charge is 0.497 e. The first kappa shape index (κ1) is 25.0. The molecule has 2 aliphatic rings. The van der Waals surface area contributed by atoms with Gasteiger partial charge in [0.15, 0.2) is 5.78 Å². The Labute approximate surface area is 225 Å². The number of benzene rings is 2. The number of nitrogens with zero attached hydrogens (tertiary/aromatic N) is 1. The number of halogens is 1. The third-order valence-corrected chi connectivity index (χ3v) is 7.75. The zero-order valence-corrected chi connectivity index (χ0v) is 22.6. The highest BCUT2D eigenvalue weighted by atomic mass is 79.9. The van der Waals surface area contributed by atoms with E-state index in [4.69, 9.17) is 4.74 Å². The Morgan fingerprint density at radius 1 is 1.08 bits per heavy atom. The molecule has 0 spiro atoms. The molecule has 6 nitrogen and oxygen atoms in total. The Morgan fingerprint density at radius 3 is 2.54 bits per heavy atom. The van der Waals surface area contributed by atoms with E-state index >= 15 is 0 Å². The van der Waals surface area contributed by atoms with Crippen LogP contribution in [0.2, 0.25) is 0 Å². The van der Waals surface area contributed by atoms with Gasteiger partial charge in [-0.2, -0.15) is 0 Å². The monoisotopic (exact) mass is 557 g/mol. The average molecular weight is 558 g/mol. The maximum Gasteiger partial charge on any atom is 0.255 e. The molecule has 37 heavy (non-hydrogen) atoms. The van der Waals surface area contributed by atoms with Gasteiger partial charge in [0, 0.05) is 45.5 Å². The minimum Gasteiger partial charge on any atom is -0.497 e. The van der Waals surface area contributed by atoms with Crippen LogP contribution in [-0.2, 0) is 9.59 Å². The lowest BCUT2D eigenvalue weighted by molar-refractivity contribution is -0.116. The van der Waals surface area contributed by atoms with E-state index in [0.717, 1.165) is 38.3 Å². The number of ether oxygens (including phenoxy) is 1. The molecule has 5 rings (SSSR count). The van der Waals surface area contributed by atoms with Crippen LogP contribution in [-0.4, -0.2) is 23.8 Å². The predicted octanol–water partition coefficient (Wildman–Crippen LogP) is 6.16. The van der Waals surface area contributed by atoms with Crippen molar-refractivity contribution in [3.05, 3.63) is 111 Å². The van der Waals surface area contributed by atoms with Crippen LogP contribution in [0.15, 0.2) is 93.9 Å². The van der Waals surface area contributed by atoms with Crippen LogP contribution in [0.25, 0.3) is 0 Å². The number of anilines is 1. The number of carbonyl (C=O) groups is 2. The van der Waals surface area contributed by atoms with Gasteiger partial charge in [0.05, 0.1) is 7.11 Å². The van der Waals surface area contributed by atoms with Gasteiger partial charge in [0.1, 0.15) is 11.6 Å². The van der Waals surface area contributed by atoms with Gasteiger partial charge in [-0.3, -0.25) is 9.59 Å². The fourth-order valence-electron chi connectivity index (χ4n) is 5.26. The molecule has 2 aromatic carbocycles. The van der Waals surface area contributed by atoms with E-state index in [1.165, 1.54) is 0 Å². The Bertz CT molecular complexity index is 1440.